The second-order valence-electron chi connectivity index (χ2n) is 9.78. The van der Waals surface area contributed by atoms with Crippen LogP contribution in [0, 0.1) is 5.92 Å². The predicted molar refractivity (Wildman–Crippen MR) is 147 cm³/mol. The largest absolute Gasteiger partial charge is 0.434 e. The van der Waals surface area contributed by atoms with E-state index in [4.69, 9.17) is 4.42 Å². The first kappa shape index (κ1) is 27.5. The Balaban J connectivity index is 1.40. The maximum atomic E-state index is 13.3. The van der Waals surface area contributed by atoms with E-state index in [1.54, 1.807) is 36.4 Å². The van der Waals surface area contributed by atoms with Crippen LogP contribution in [0.1, 0.15) is 67.6 Å². The van der Waals surface area contributed by atoms with Crippen molar-refractivity contribution >= 4 is 38.6 Å². The van der Waals surface area contributed by atoms with Gasteiger partial charge in [-0.3, -0.25) is 9.59 Å². The summed E-state index contributed by atoms with van der Waals surface area (Å²) in [7, 11) is -3.70. The number of oxazole rings is 1. The number of fused-ring (bicyclic) bond motifs is 1. The smallest absolute Gasteiger partial charge is 0.264 e. The lowest BCUT2D eigenvalue weighted by Crippen LogP contribution is -2.48. The zero-order chi connectivity index (χ0) is 27.0. The summed E-state index contributed by atoms with van der Waals surface area (Å²) in [6.45, 7) is 0.289. The lowest BCUT2D eigenvalue weighted by Gasteiger charge is -2.27. The molecule has 1 atom stereocenters. The van der Waals surface area contributed by atoms with E-state index in [2.05, 4.69) is 20.0 Å². The van der Waals surface area contributed by atoms with Gasteiger partial charge in [-0.1, -0.05) is 74.6 Å². The summed E-state index contributed by atoms with van der Waals surface area (Å²) in [5.74, 6) is 0.109. The number of para-hydroxylation sites is 2. The average molecular weight is 539 g/mol. The van der Waals surface area contributed by atoms with Crippen LogP contribution in [0.2, 0.25) is 0 Å². The summed E-state index contributed by atoms with van der Waals surface area (Å²) in [5.41, 5.74) is 1.78. The molecule has 0 unspecified atom stereocenters. The van der Waals surface area contributed by atoms with Gasteiger partial charge in [-0.2, -0.15) is 0 Å². The maximum Gasteiger partial charge on any atom is 0.264 e. The molecule has 1 saturated carbocycles. The van der Waals surface area contributed by atoms with Crippen LogP contribution in [0.5, 0.6) is 0 Å². The number of hydrogen-bond donors (Lipinski definition) is 2. The van der Waals surface area contributed by atoms with Gasteiger partial charge in [0.25, 0.3) is 15.9 Å². The summed E-state index contributed by atoms with van der Waals surface area (Å²) in [4.78, 5) is 30.1. The predicted octanol–water partition coefficient (Wildman–Crippen LogP) is 4.24. The van der Waals surface area contributed by atoms with Crippen LogP contribution in [0.3, 0.4) is 0 Å². The lowest BCUT2D eigenvalue weighted by atomic mass is 9.84. The first-order valence-corrected chi connectivity index (χ1v) is 14.9. The molecule has 9 nitrogen and oxygen atoms in total. The molecule has 0 spiro atoms. The first-order chi connectivity index (χ1) is 18.3. The fourth-order valence-corrected chi connectivity index (χ4v) is 5.25. The highest BCUT2D eigenvalue weighted by Crippen LogP contribution is 2.27. The van der Waals surface area contributed by atoms with Gasteiger partial charge in [0.2, 0.25) is 11.7 Å². The number of rotatable bonds is 11. The molecule has 202 valence electrons. The van der Waals surface area contributed by atoms with Gasteiger partial charge in [0.15, 0.2) is 5.58 Å². The summed E-state index contributed by atoms with van der Waals surface area (Å²) in [6.07, 6.45) is 7.72. The molecule has 1 heterocycles. The monoisotopic (exact) mass is 538 g/mol. The third kappa shape index (κ3) is 7.98. The van der Waals surface area contributed by atoms with Crippen LogP contribution in [-0.2, 0) is 14.8 Å². The van der Waals surface area contributed by atoms with E-state index in [0.717, 1.165) is 31.9 Å². The quantitative estimate of drug-likeness (QED) is 0.162. The number of sulfonamides is 1. The summed E-state index contributed by atoms with van der Waals surface area (Å²) in [5, 5.41) is 6.05. The molecule has 2 aromatic carbocycles. The molecule has 4 rings (SSSR count). The Kier molecular flexibility index (Phi) is 9.28. The molecule has 38 heavy (non-hydrogen) atoms. The van der Waals surface area contributed by atoms with Crippen molar-refractivity contribution < 1.29 is 22.4 Å². The van der Waals surface area contributed by atoms with Crippen LogP contribution < -0.4 is 10.6 Å². The molecule has 0 bridgehead atoms. The van der Waals surface area contributed by atoms with E-state index >= 15 is 0 Å². The minimum atomic E-state index is -3.70. The van der Waals surface area contributed by atoms with Crippen molar-refractivity contribution in [1.29, 1.82) is 0 Å². The van der Waals surface area contributed by atoms with E-state index in [-0.39, 0.29) is 36.4 Å². The van der Waals surface area contributed by atoms with Crippen molar-refractivity contribution in [2.75, 3.05) is 12.8 Å². The standard InChI is InChI=1S/C28H34N4O5S/c1-38(35,36)32-26(21-13-6-3-7-14-21)30-23(19-20-11-4-2-5-12-20)27(34)29-18-10-16-24(33)28-31-22-15-8-9-17-25(22)37-28/h3,6-9,13-15,17,20,23H,2,4-5,10-12,16,18-19H2,1H3,(H,29,34)(H,30,32)/t23-/m0/s1. The molecule has 3 aromatic rings. The number of carbonyl (C=O) groups is 2. The molecule has 0 saturated heterocycles. The Hall–Kier alpha value is -3.53. The van der Waals surface area contributed by atoms with Gasteiger partial charge in [-0.05, 0) is 30.9 Å². The number of aromatic nitrogens is 1. The number of hydrogen-bond acceptors (Lipinski definition) is 6. The van der Waals surface area contributed by atoms with E-state index in [9.17, 15) is 18.0 Å². The third-order valence-corrected chi connectivity index (χ3v) is 7.15. The molecule has 1 amide bonds. The Labute approximate surface area is 223 Å². The molecule has 1 aliphatic rings. The van der Waals surface area contributed by atoms with Crippen LogP contribution in [0.15, 0.2) is 63.4 Å². The number of amidine groups is 1. The molecule has 1 aliphatic carbocycles. The molecular weight excluding hydrogens is 504 g/mol. The molecule has 2 N–H and O–H groups in total. The fourth-order valence-electron chi connectivity index (χ4n) is 4.76. The molecule has 1 aromatic heterocycles. The second-order valence-corrected chi connectivity index (χ2v) is 11.4. The van der Waals surface area contributed by atoms with Crippen LogP contribution in [-0.4, -0.2) is 49.8 Å². The highest BCUT2D eigenvalue weighted by atomic mass is 32.2. The maximum absolute atomic E-state index is 13.3. The minimum absolute atomic E-state index is 0.0684. The Morgan fingerprint density at radius 2 is 1.76 bits per heavy atom. The van der Waals surface area contributed by atoms with E-state index in [1.807, 2.05) is 18.2 Å². The van der Waals surface area contributed by atoms with Gasteiger partial charge in [0.1, 0.15) is 17.4 Å². The number of nitrogens with one attached hydrogen (secondary N) is 2. The van der Waals surface area contributed by atoms with Crippen LogP contribution in [0.4, 0.5) is 0 Å². The average Bonchev–Trinajstić information content (AvgIpc) is 3.35. The Morgan fingerprint density at radius 3 is 2.47 bits per heavy atom. The molecule has 0 aliphatic heterocycles. The lowest BCUT2D eigenvalue weighted by molar-refractivity contribution is -0.123. The molecular formula is C28H34N4O5S. The SMILES string of the molecule is CS(=O)(=O)N=C(N[C@@H](CC1CCCCC1)C(=O)NCCCC(=O)c1nc2ccccc2o1)c1ccccc1. The van der Waals surface area contributed by atoms with Gasteiger partial charge >= 0.3 is 0 Å². The fraction of sp³-hybridized carbons (Fsp3) is 0.429. The van der Waals surface area contributed by atoms with Gasteiger partial charge in [0, 0.05) is 18.5 Å². The summed E-state index contributed by atoms with van der Waals surface area (Å²) >= 11 is 0. The second kappa shape index (κ2) is 12.8. The van der Waals surface area contributed by atoms with Crippen LogP contribution in [0.25, 0.3) is 11.1 Å². The van der Waals surface area contributed by atoms with Gasteiger partial charge in [0.05, 0.1) is 6.26 Å². The third-order valence-electron chi connectivity index (χ3n) is 6.64. The number of ketones is 1. The normalized spacial score (nSPS) is 15.8. The molecule has 0 radical (unpaired) electrons. The minimum Gasteiger partial charge on any atom is -0.434 e. The van der Waals surface area contributed by atoms with Crippen LogP contribution >= 0.6 is 0 Å². The zero-order valence-electron chi connectivity index (χ0n) is 21.6. The van der Waals surface area contributed by atoms with E-state index in [1.165, 1.54) is 6.42 Å². The highest BCUT2D eigenvalue weighted by Gasteiger charge is 2.26. The van der Waals surface area contributed by atoms with Crippen molar-refractivity contribution in [3.05, 3.63) is 66.1 Å². The van der Waals surface area contributed by atoms with Gasteiger partial charge in [-0.25, -0.2) is 13.4 Å². The summed E-state index contributed by atoms with van der Waals surface area (Å²) < 4.78 is 33.5. The zero-order valence-corrected chi connectivity index (χ0v) is 22.4. The number of carbonyl (C=O) groups excluding carboxylic acids is 2. The number of amides is 1. The van der Waals surface area contributed by atoms with Gasteiger partial charge < -0.3 is 15.1 Å². The van der Waals surface area contributed by atoms with Crippen molar-refractivity contribution in [3.8, 4) is 0 Å². The molecule has 10 heteroatoms. The Bertz CT molecular complexity index is 1350. The highest BCUT2D eigenvalue weighted by molar-refractivity contribution is 7.89. The summed E-state index contributed by atoms with van der Waals surface area (Å²) in [6, 6.07) is 15.4. The van der Waals surface area contributed by atoms with E-state index < -0.39 is 16.1 Å². The first-order valence-electron chi connectivity index (χ1n) is 13.1. The van der Waals surface area contributed by atoms with Crippen molar-refractivity contribution in [2.45, 2.75) is 57.4 Å². The topological polar surface area (TPSA) is 131 Å². The number of nitrogens with zero attached hydrogens (tertiary/aromatic N) is 2. The van der Waals surface area contributed by atoms with Crippen molar-refractivity contribution in [1.82, 2.24) is 15.6 Å². The van der Waals surface area contributed by atoms with Gasteiger partial charge in [-0.15, -0.1) is 4.40 Å². The Morgan fingerprint density at radius 1 is 1.05 bits per heavy atom. The van der Waals surface area contributed by atoms with Crippen molar-refractivity contribution in [2.24, 2.45) is 10.3 Å². The molecule has 1 fully saturated rings. The number of benzene rings is 2. The van der Waals surface area contributed by atoms with E-state index in [0.29, 0.717) is 35.4 Å². The van der Waals surface area contributed by atoms with Crippen molar-refractivity contribution in [3.63, 3.8) is 0 Å². The number of Topliss-reactive ketones (excluding diaryl/α,β-unsaturated/α-hetero) is 1.